The number of methoxy groups -OCH3 is 1. The summed E-state index contributed by atoms with van der Waals surface area (Å²) in [6, 6.07) is 11.7. The highest BCUT2D eigenvalue weighted by atomic mass is 19.1. The van der Waals surface area contributed by atoms with E-state index in [0.717, 1.165) is 0 Å². The number of nitrogen functional groups attached to an aromatic ring is 1. The number of carbonyl (C=O) groups is 1. The largest absolute Gasteiger partial charge is 0.497 e. The number of ether oxygens (including phenoxy) is 1. The maximum atomic E-state index is 13.6. The highest BCUT2D eigenvalue weighted by Gasteiger charge is 2.15. The number of amides is 1. The molecule has 0 saturated heterocycles. The van der Waals surface area contributed by atoms with Crippen LogP contribution in [0.15, 0.2) is 42.5 Å². The van der Waals surface area contributed by atoms with Gasteiger partial charge in [0.15, 0.2) is 0 Å². The quantitative estimate of drug-likeness (QED) is 0.800. The van der Waals surface area contributed by atoms with Crippen molar-refractivity contribution in [1.29, 1.82) is 0 Å². The van der Waals surface area contributed by atoms with E-state index in [1.807, 2.05) is 6.92 Å². The van der Waals surface area contributed by atoms with Crippen molar-refractivity contribution in [2.24, 2.45) is 5.92 Å². The van der Waals surface area contributed by atoms with E-state index < -0.39 is 0 Å². The zero-order valence-corrected chi connectivity index (χ0v) is 13.3. The van der Waals surface area contributed by atoms with Gasteiger partial charge in [-0.2, -0.15) is 0 Å². The molecule has 0 bridgehead atoms. The van der Waals surface area contributed by atoms with Gasteiger partial charge in [-0.15, -0.1) is 0 Å². The van der Waals surface area contributed by atoms with E-state index >= 15 is 0 Å². The van der Waals surface area contributed by atoms with Crippen molar-refractivity contribution in [2.45, 2.75) is 19.8 Å². The third-order valence-electron chi connectivity index (χ3n) is 3.77. The van der Waals surface area contributed by atoms with Crippen LogP contribution in [0, 0.1) is 11.7 Å². The molecule has 1 atom stereocenters. The van der Waals surface area contributed by atoms with Gasteiger partial charge in [-0.1, -0.05) is 25.1 Å². The monoisotopic (exact) mass is 316 g/mol. The highest BCUT2D eigenvalue weighted by molar-refractivity contribution is 5.95. The Balaban J connectivity index is 1.96. The van der Waals surface area contributed by atoms with Gasteiger partial charge in [0.25, 0.3) is 0 Å². The first-order valence-corrected chi connectivity index (χ1v) is 7.49. The molecule has 2 aromatic carbocycles. The van der Waals surface area contributed by atoms with Crippen LogP contribution in [0.3, 0.4) is 0 Å². The molecule has 0 aliphatic carbocycles. The molecular formula is C18H21FN2O2. The molecule has 122 valence electrons. The summed E-state index contributed by atoms with van der Waals surface area (Å²) >= 11 is 0. The molecule has 23 heavy (non-hydrogen) atoms. The van der Waals surface area contributed by atoms with Gasteiger partial charge in [-0.25, -0.2) is 4.39 Å². The molecule has 0 spiro atoms. The van der Waals surface area contributed by atoms with E-state index in [9.17, 15) is 9.18 Å². The van der Waals surface area contributed by atoms with Gasteiger partial charge < -0.3 is 15.8 Å². The molecule has 4 nitrogen and oxygen atoms in total. The van der Waals surface area contributed by atoms with Gasteiger partial charge in [0.1, 0.15) is 11.6 Å². The van der Waals surface area contributed by atoms with Crippen LogP contribution < -0.4 is 15.8 Å². The van der Waals surface area contributed by atoms with Gasteiger partial charge in [0.2, 0.25) is 5.91 Å². The predicted octanol–water partition coefficient (Wildman–Crippen LogP) is 3.62. The minimum absolute atomic E-state index is 0.152. The van der Waals surface area contributed by atoms with Crippen molar-refractivity contribution in [3.05, 3.63) is 53.8 Å². The van der Waals surface area contributed by atoms with Gasteiger partial charge in [0.05, 0.1) is 18.5 Å². The Kier molecular flexibility index (Phi) is 5.57. The summed E-state index contributed by atoms with van der Waals surface area (Å²) in [5.41, 5.74) is 7.47. The summed E-state index contributed by atoms with van der Waals surface area (Å²) in [6.07, 6.45) is 1.06. The van der Waals surface area contributed by atoms with E-state index in [0.29, 0.717) is 35.5 Å². The number of hydrogen-bond donors (Lipinski definition) is 2. The second-order valence-electron chi connectivity index (χ2n) is 5.47. The number of aryl methyl sites for hydroxylation is 1. The minimum Gasteiger partial charge on any atom is -0.497 e. The van der Waals surface area contributed by atoms with Crippen LogP contribution >= 0.6 is 0 Å². The molecule has 3 N–H and O–H groups in total. The number of benzene rings is 2. The van der Waals surface area contributed by atoms with Gasteiger partial charge in [-0.05, 0) is 36.6 Å². The fourth-order valence-electron chi connectivity index (χ4n) is 2.23. The van der Waals surface area contributed by atoms with Crippen LogP contribution in [-0.2, 0) is 11.2 Å². The van der Waals surface area contributed by atoms with E-state index in [4.69, 9.17) is 10.5 Å². The number of carbonyl (C=O) groups excluding carboxylic acids is 1. The molecule has 0 aromatic heterocycles. The normalized spacial score (nSPS) is 11.8. The zero-order chi connectivity index (χ0) is 16.8. The first kappa shape index (κ1) is 16.8. The number of nitrogens with two attached hydrogens (primary N) is 1. The van der Waals surface area contributed by atoms with E-state index in [1.165, 1.54) is 6.07 Å². The Morgan fingerprint density at radius 1 is 1.30 bits per heavy atom. The lowest BCUT2D eigenvalue weighted by atomic mass is 10.00. The Morgan fingerprint density at radius 3 is 2.74 bits per heavy atom. The van der Waals surface area contributed by atoms with Crippen molar-refractivity contribution in [1.82, 2.24) is 0 Å². The fourth-order valence-corrected chi connectivity index (χ4v) is 2.23. The molecule has 0 aliphatic rings. The van der Waals surface area contributed by atoms with Crippen molar-refractivity contribution < 1.29 is 13.9 Å². The predicted molar refractivity (Wildman–Crippen MR) is 89.9 cm³/mol. The molecule has 0 fully saturated rings. The first-order chi connectivity index (χ1) is 11.0. The molecule has 0 aliphatic heterocycles. The summed E-state index contributed by atoms with van der Waals surface area (Å²) in [7, 11) is 1.55. The number of halogens is 1. The molecule has 1 unspecified atom stereocenters. The van der Waals surface area contributed by atoms with Crippen LogP contribution in [0.5, 0.6) is 5.75 Å². The standard InChI is InChI=1S/C18H21FN2O2/c1-12(7-8-13-5-3-4-6-15(13)19)18(22)21-17-11-14(23-2)9-10-16(17)20/h3-6,9-12H,7-8,20H2,1-2H3,(H,21,22). The topological polar surface area (TPSA) is 64.3 Å². The molecule has 0 heterocycles. The summed E-state index contributed by atoms with van der Waals surface area (Å²) in [4.78, 5) is 12.3. The van der Waals surface area contributed by atoms with Crippen LogP contribution in [0.1, 0.15) is 18.9 Å². The summed E-state index contributed by atoms with van der Waals surface area (Å²) in [5.74, 6) is -0.0350. The van der Waals surface area contributed by atoms with Crippen molar-refractivity contribution in [3.8, 4) is 5.75 Å². The summed E-state index contributed by atoms with van der Waals surface area (Å²) < 4.78 is 18.7. The van der Waals surface area contributed by atoms with Crippen molar-refractivity contribution in [2.75, 3.05) is 18.2 Å². The maximum absolute atomic E-state index is 13.6. The lowest BCUT2D eigenvalue weighted by Crippen LogP contribution is -2.21. The van der Waals surface area contributed by atoms with Gasteiger partial charge >= 0.3 is 0 Å². The average molecular weight is 316 g/mol. The third-order valence-corrected chi connectivity index (χ3v) is 3.77. The maximum Gasteiger partial charge on any atom is 0.227 e. The van der Waals surface area contributed by atoms with Gasteiger partial charge in [-0.3, -0.25) is 4.79 Å². The van der Waals surface area contributed by atoms with Crippen molar-refractivity contribution in [3.63, 3.8) is 0 Å². The third kappa shape index (κ3) is 4.45. The lowest BCUT2D eigenvalue weighted by Gasteiger charge is -2.14. The SMILES string of the molecule is COc1ccc(N)c(NC(=O)C(C)CCc2ccccc2F)c1. The van der Waals surface area contributed by atoms with E-state index in [2.05, 4.69) is 5.32 Å². The number of anilines is 2. The number of hydrogen-bond acceptors (Lipinski definition) is 3. The van der Waals surface area contributed by atoms with E-state index in [1.54, 1.807) is 43.5 Å². The fraction of sp³-hybridized carbons (Fsp3) is 0.278. The average Bonchev–Trinajstić information content (AvgIpc) is 2.55. The van der Waals surface area contributed by atoms with E-state index in [-0.39, 0.29) is 17.6 Å². The molecule has 2 rings (SSSR count). The molecule has 2 aromatic rings. The van der Waals surface area contributed by atoms with Gasteiger partial charge in [0, 0.05) is 12.0 Å². The van der Waals surface area contributed by atoms with Crippen LogP contribution in [0.4, 0.5) is 15.8 Å². The first-order valence-electron chi connectivity index (χ1n) is 7.49. The summed E-state index contributed by atoms with van der Waals surface area (Å²) in [6.45, 7) is 1.81. The second-order valence-corrected chi connectivity index (χ2v) is 5.47. The Morgan fingerprint density at radius 2 is 2.04 bits per heavy atom. The van der Waals surface area contributed by atoms with Crippen LogP contribution in [0.2, 0.25) is 0 Å². The Labute approximate surface area is 135 Å². The smallest absolute Gasteiger partial charge is 0.227 e. The van der Waals surface area contributed by atoms with Crippen LogP contribution in [-0.4, -0.2) is 13.0 Å². The minimum atomic E-state index is -0.264. The number of nitrogens with one attached hydrogen (secondary N) is 1. The summed E-state index contributed by atoms with van der Waals surface area (Å²) in [5, 5.41) is 2.80. The zero-order valence-electron chi connectivity index (χ0n) is 13.3. The number of rotatable bonds is 6. The molecule has 0 radical (unpaired) electrons. The Hall–Kier alpha value is -2.56. The molecule has 1 amide bonds. The van der Waals surface area contributed by atoms with Crippen LogP contribution in [0.25, 0.3) is 0 Å². The molecular weight excluding hydrogens is 295 g/mol. The molecule has 0 saturated carbocycles. The lowest BCUT2D eigenvalue weighted by molar-refractivity contribution is -0.119. The van der Waals surface area contributed by atoms with Crippen molar-refractivity contribution >= 4 is 17.3 Å². The highest BCUT2D eigenvalue weighted by Crippen LogP contribution is 2.25. The molecule has 5 heteroatoms. The second kappa shape index (κ2) is 7.63. The Bertz CT molecular complexity index is 688.